The lowest BCUT2D eigenvalue weighted by molar-refractivity contribution is -0.165. The minimum atomic E-state index is -0.696. The molecule has 1 spiro atoms. The summed E-state index contributed by atoms with van der Waals surface area (Å²) in [6.45, 7) is 10.5. The molecule has 2 heterocycles. The molecule has 0 amide bonds. The maximum absolute atomic E-state index is 11.1. The second-order valence-electron chi connectivity index (χ2n) is 12.9. The zero-order valence-corrected chi connectivity index (χ0v) is 20.3. The summed E-state index contributed by atoms with van der Waals surface area (Å²) >= 11 is 0. The molecule has 3 saturated carbocycles. The number of aliphatic hydroxyl groups excluding tert-OH is 3. The molecule has 180 valence electrons. The molecule has 0 aromatic rings. The van der Waals surface area contributed by atoms with Crippen LogP contribution < -0.4 is 5.32 Å². The van der Waals surface area contributed by atoms with Gasteiger partial charge in [0.1, 0.15) is 0 Å². The van der Waals surface area contributed by atoms with Gasteiger partial charge in [-0.15, -0.1) is 0 Å². The van der Waals surface area contributed by atoms with Crippen LogP contribution in [0.25, 0.3) is 0 Å². The molecule has 0 aromatic heterocycles. The predicted octanol–water partition coefficient (Wildman–Crippen LogP) is 3.02. The van der Waals surface area contributed by atoms with E-state index in [1.54, 1.807) is 5.57 Å². The van der Waals surface area contributed by atoms with Crippen LogP contribution in [-0.2, 0) is 4.74 Å². The first kappa shape index (κ1) is 22.0. The Morgan fingerprint density at radius 2 is 1.78 bits per heavy atom. The van der Waals surface area contributed by atoms with E-state index < -0.39 is 12.2 Å². The van der Waals surface area contributed by atoms with Crippen molar-refractivity contribution in [3.63, 3.8) is 0 Å². The largest absolute Gasteiger partial charge is 0.393 e. The standard InChI is InChI=1S/C27H43NO4/c1-13-7-24-25(28-12-13)15(3)27(32-24)6-5-16-17(14(27)2)8-19-18(16)9-21(29)20-10-22(30)23(31)11-26(19,20)4/h13,15-16,18-25,28-31H,5-12H2,1-4H3/t13-,15+,16+,18-,19-,20+,21+,22-,23-,24-,25-,26+,27-/m0/s1. The number of hydrogen-bond donors (Lipinski definition) is 4. The van der Waals surface area contributed by atoms with E-state index in [0.29, 0.717) is 54.6 Å². The van der Waals surface area contributed by atoms with Gasteiger partial charge in [0.25, 0.3) is 0 Å². The van der Waals surface area contributed by atoms with Crippen molar-refractivity contribution in [3.8, 4) is 0 Å². The second-order valence-corrected chi connectivity index (χ2v) is 12.9. The molecule has 0 bridgehead atoms. The van der Waals surface area contributed by atoms with Crippen molar-refractivity contribution in [3.05, 3.63) is 11.1 Å². The minimum absolute atomic E-state index is 0.0902. The number of hydrogen-bond acceptors (Lipinski definition) is 5. The van der Waals surface area contributed by atoms with E-state index in [-0.39, 0.29) is 23.0 Å². The Hall–Kier alpha value is -0.460. The molecule has 4 N–H and O–H groups in total. The highest BCUT2D eigenvalue weighted by atomic mass is 16.5. The number of fused-ring (bicyclic) bond motifs is 6. The van der Waals surface area contributed by atoms with Gasteiger partial charge in [0.2, 0.25) is 0 Å². The summed E-state index contributed by atoms with van der Waals surface area (Å²) in [6, 6.07) is 0.459. The number of rotatable bonds is 0. The SMILES string of the molecule is CC1=C2C[C@H]3[C@@H](C[C@@H](O)[C@H]4C[C@H](O)[C@@H](O)C[C@@]43C)[C@@H]2CC[C@]12O[C@H]1C[C@H](C)CN[C@H]1[C@H]2C. The highest BCUT2D eigenvalue weighted by Gasteiger charge is 2.63. The summed E-state index contributed by atoms with van der Waals surface area (Å²) in [5.41, 5.74) is 2.86. The monoisotopic (exact) mass is 445 g/mol. The van der Waals surface area contributed by atoms with E-state index in [4.69, 9.17) is 4.74 Å². The number of allylic oxidation sites excluding steroid dienone is 1. The van der Waals surface area contributed by atoms with E-state index in [2.05, 4.69) is 33.0 Å². The highest BCUT2D eigenvalue weighted by molar-refractivity contribution is 5.36. The molecule has 32 heavy (non-hydrogen) atoms. The van der Waals surface area contributed by atoms with Crippen molar-refractivity contribution in [2.75, 3.05) is 6.54 Å². The number of nitrogens with one attached hydrogen (secondary N) is 1. The third-order valence-electron chi connectivity index (χ3n) is 11.5. The zero-order valence-electron chi connectivity index (χ0n) is 20.3. The molecule has 5 fully saturated rings. The Bertz CT molecular complexity index is 813. The molecule has 5 heteroatoms. The van der Waals surface area contributed by atoms with Gasteiger partial charge in [-0.25, -0.2) is 0 Å². The number of piperidine rings is 1. The van der Waals surface area contributed by atoms with Gasteiger partial charge in [-0.1, -0.05) is 26.3 Å². The number of aliphatic hydroxyl groups is 3. The maximum atomic E-state index is 11.1. The van der Waals surface area contributed by atoms with Crippen molar-refractivity contribution in [2.45, 2.75) is 109 Å². The third kappa shape index (κ3) is 2.81. The molecular formula is C27H43NO4. The summed E-state index contributed by atoms with van der Waals surface area (Å²) in [4.78, 5) is 0. The van der Waals surface area contributed by atoms with Crippen LogP contribution >= 0.6 is 0 Å². The molecule has 0 aromatic carbocycles. The van der Waals surface area contributed by atoms with Crippen LogP contribution in [0, 0.1) is 40.9 Å². The molecule has 0 radical (unpaired) electrons. The smallest absolute Gasteiger partial charge is 0.0937 e. The Balaban J connectivity index is 1.35. The van der Waals surface area contributed by atoms with Gasteiger partial charge in [-0.3, -0.25) is 0 Å². The maximum Gasteiger partial charge on any atom is 0.0937 e. The molecule has 0 unspecified atom stereocenters. The molecule has 4 aliphatic carbocycles. The average molecular weight is 446 g/mol. The second kappa shape index (κ2) is 7.27. The lowest BCUT2D eigenvalue weighted by Gasteiger charge is -2.56. The zero-order chi connectivity index (χ0) is 22.6. The van der Waals surface area contributed by atoms with E-state index in [0.717, 1.165) is 38.6 Å². The molecule has 13 atom stereocenters. The van der Waals surface area contributed by atoms with Crippen LogP contribution in [0.5, 0.6) is 0 Å². The van der Waals surface area contributed by atoms with Crippen LogP contribution in [0.4, 0.5) is 0 Å². The van der Waals surface area contributed by atoms with Crippen LogP contribution in [0.3, 0.4) is 0 Å². The molecule has 2 aliphatic heterocycles. The van der Waals surface area contributed by atoms with Crippen LogP contribution in [0.1, 0.15) is 72.6 Å². The normalized spacial score (nSPS) is 59.5. The first-order valence-electron chi connectivity index (χ1n) is 13.3. The fourth-order valence-corrected chi connectivity index (χ4v) is 9.77. The molecule has 6 rings (SSSR count). The molecule has 6 aliphatic rings. The first-order valence-corrected chi connectivity index (χ1v) is 13.3. The van der Waals surface area contributed by atoms with Gasteiger partial charge < -0.3 is 25.4 Å². The lowest BCUT2D eigenvalue weighted by atomic mass is 9.50. The van der Waals surface area contributed by atoms with Crippen molar-refractivity contribution >= 4 is 0 Å². The Morgan fingerprint density at radius 3 is 2.56 bits per heavy atom. The Labute approximate surface area is 193 Å². The van der Waals surface area contributed by atoms with Gasteiger partial charge in [-0.05, 0) is 99.0 Å². The van der Waals surface area contributed by atoms with E-state index >= 15 is 0 Å². The van der Waals surface area contributed by atoms with Crippen LogP contribution in [0.2, 0.25) is 0 Å². The summed E-state index contributed by atoms with van der Waals surface area (Å²) in [5.74, 6) is 2.77. The summed E-state index contributed by atoms with van der Waals surface area (Å²) in [5, 5.41) is 35.9. The Kier molecular flexibility index (Phi) is 5.01. The number of ether oxygens (including phenoxy) is 1. The van der Waals surface area contributed by atoms with Crippen molar-refractivity contribution < 1.29 is 20.1 Å². The van der Waals surface area contributed by atoms with Gasteiger partial charge in [0.05, 0.1) is 30.0 Å². The fourth-order valence-electron chi connectivity index (χ4n) is 9.77. The minimum Gasteiger partial charge on any atom is -0.393 e. The summed E-state index contributed by atoms with van der Waals surface area (Å²) < 4.78 is 6.99. The van der Waals surface area contributed by atoms with E-state index in [1.165, 1.54) is 5.57 Å². The summed E-state index contributed by atoms with van der Waals surface area (Å²) in [7, 11) is 0. The van der Waals surface area contributed by atoms with Crippen molar-refractivity contribution in [1.82, 2.24) is 5.32 Å². The van der Waals surface area contributed by atoms with E-state index in [9.17, 15) is 15.3 Å². The van der Waals surface area contributed by atoms with Crippen LogP contribution in [-0.4, -0.2) is 57.9 Å². The Morgan fingerprint density at radius 1 is 1.00 bits per heavy atom. The highest BCUT2D eigenvalue weighted by Crippen LogP contribution is 2.66. The van der Waals surface area contributed by atoms with Gasteiger partial charge in [-0.2, -0.15) is 0 Å². The fraction of sp³-hybridized carbons (Fsp3) is 0.926. The van der Waals surface area contributed by atoms with Crippen LogP contribution in [0.15, 0.2) is 11.1 Å². The average Bonchev–Trinajstić information content (AvgIpc) is 3.24. The van der Waals surface area contributed by atoms with Gasteiger partial charge >= 0.3 is 0 Å². The van der Waals surface area contributed by atoms with Gasteiger partial charge in [0.15, 0.2) is 0 Å². The first-order chi connectivity index (χ1) is 15.2. The van der Waals surface area contributed by atoms with Crippen molar-refractivity contribution in [1.29, 1.82) is 0 Å². The van der Waals surface area contributed by atoms with Crippen molar-refractivity contribution in [2.24, 2.45) is 40.9 Å². The topological polar surface area (TPSA) is 82.0 Å². The quantitative estimate of drug-likeness (QED) is 0.431. The molecule has 2 saturated heterocycles. The lowest BCUT2D eigenvalue weighted by Crippen LogP contribution is -2.56. The predicted molar refractivity (Wildman–Crippen MR) is 123 cm³/mol. The van der Waals surface area contributed by atoms with Gasteiger partial charge in [0, 0.05) is 12.0 Å². The van der Waals surface area contributed by atoms with E-state index in [1.807, 2.05) is 0 Å². The molecule has 5 nitrogen and oxygen atoms in total. The molecular weight excluding hydrogens is 402 g/mol. The summed E-state index contributed by atoms with van der Waals surface area (Å²) in [6.07, 6.45) is 5.08. The third-order valence-corrected chi connectivity index (χ3v) is 11.5.